The molecule has 1 N–H and O–H groups in total. The summed E-state index contributed by atoms with van der Waals surface area (Å²) in [5, 5.41) is 2.99. The summed E-state index contributed by atoms with van der Waals surface area (Å²) in [6.07, 6.45) is 0.973. The topological polar surface area (TPSA) is 15.3 Å². The van der Waals surface area contributed by atoms with Gasteiger partial charge in [0.1, 0.15) is 0 Å². The Balaban J connectivity index is 3.65. The van der Waals surface area contributed by atoms with Crippen molar-refractivity contribution in [1.82, 2.24) is 10.2 Å². The maximum Gasteiger partial charge on any atom is 0.441 e. The molecule has 6 heteroatoms. The van der Waals surface area contributed by atoms with Crippen LogP contribution in [0.25, 0.3) is 0 Å². The van der Waals surface area contributed by atoms with E-state index in [0.29, 0.717) is 6.54 Å². The third-order valence-corrected chi connectivity index (χ3v) is 2.61. The smallest absolute Gasteiger partial charge is 0.318 e. The van der Waals surface area contributed by atoms with Crippen LogP contribution in [-0.4, -0.2) is 49.4 Å². The number of likely N-dealkylation sites (N-methyl/N-ethyl adjacent to an activating group) is 1. The second-order valence-corrected chi connectivity index (χ2v) is 4.40. The monoisotopic (exact) mass is 244 g/mol. The zero-order chi connectivity index (χ0) is 11.7. The van der Waals surface area contributed by atoms with Crippen molar-refractivity contribution in [2.24, 2.45) is 0 Å². The van der Waals surface area contributed by atoms with Crippen LogP contribution in [0.15, 0.2) is 0 Å². The number of thioether (sulfide) groups is 1. The highest BCUT2D eigenvalue weighted by Crippen LogP contribution is 2.29. The Morgan fingerprint density at radius 1 is 1.20 bits per heavy atom. The van der Waals surface area contributed by atoms with Crippen molar-refractivity contribution in [3.8, 4) is 0 Å². The number of hydrogen-bond acceptors (Lipinski definition) is 3. The first-order valence-corrected chi connectivity index (χ1v) is 6.05. The molecule has 0 radical (unpaired) electrons. The minimum absolute atomic E-state index is 0.0591. The average molecular weight is 244 g/mol. The number of alkyl halides is 3. The van der Waals surface area contributed by atoms with E-state index in [4.69, 9.17) is 0 Å². The van der Waals surface area contributed by atoms with Gasteiger partial charge in [-0.2, -0.15) is 13.2 Å². The van der Waals surface area contributed by atoms with Gasteiger partial charge in [0.2, 0.25) is 0 Å². The third-order valence-electron chi connectivity index (χ3n) is 1.89. The summed E-state index contributed by atoms with van der Waals surface area (Å²) in [4.78, 5) is 2.05. The number of nitrogens with zero attached hydrogens (tertiary/aromatic N) is 1. The largest absolute Gasteiger partial charge is 0.441 e. The molecule has 92 valence electrons. The molecule has 0 aromatic heterocycles. The molecule has 0 rings (SSSR count). The summed E-state index contributed by atoms with van der Waals surface area (Å²) in [5.74, 6) is 0.118. The molecule has 2 nitrogen and oxygen atoms in total. The minimum Gasteiger partial charge on any atom is -0.318 e. The molecule has 0 saturated carbocycles. The quantitative estimate of drug-likeness (QED) is 0.704. The Kier molecular flexibility index (Phi) is 8.27. The highest BCUT2D eigenvalue weighted by atomic mass is 32.2. The number of halogens is 3. The van der Waals surface area contributed by atoms with Crippen molar-refractivity contribution in [3.05, 3.63) is 0 Å². The van der Waals surface area contributed by atoms with E-state index in [9.17, 15) is 13.2 Å². The lowest BCUT2D eigenvalue weighted by atomic mass is 10.4. The predicted molar refractivity (Wildman–Crippen MR) is 59.2 cm³/mol. The van der Waals surface area contributed by atoms with E-state index in [2.05, 4.69) is 10.2 Å². The molecule has 0 amide bonds. The summed E-state index contributed by atoms with van der Waals surface area (Å²) in [7, 11) is 1.84. The van der Waals surface area contributed by atoms with Gasteiger partial charge in [-0.25, -0.2) is 0 Å². The highest BCUT2D eigenvalue weighted by molar-refractivity contribution is 8.00. The van der Waals surface area contributed by atoms with Crippen molar-refractivity contribution in [2.45, 2.75) is 18.9 Å². The van der Waals surface area contributed by atoms with E-state index >= 15 is 0 Å². The van der Waals surface area contributed by atoms with Gasteiger partial charge in [-0.05, 0) is 31.8 Å². The van der Waals surface area contributed by atoms with Crippen LogP contribution in [0, 0.1) is 0 Å². The van der Waals surface area contributed by atoms with Crippen molar-refractivity contribution < 1.29 is 13.2 Å². The molecule has 0 bridgehead atoms. The van der Waals surface area contributed by atoms with E-state index in [-0.39, 0.29) is 17.5 Å². The van der Waals surface area contributed by atoms with Gasteiger partial charge in [0.25, 0.3) is 0 Å². The number of rotatable bonds is 8. The van der Waals surface area contributed by atoms with Crippen LogP contribution in [0.5, 0.6) is 0 Å². The van der Waals surface area contributed by atoms with Crippen molar-refractivity contribution >= 4 is 11.8 Å². The Bertz CT molecular complexity index is 153. The normalized spacial score (nSPS) is 12.4. The van der Waals surface area contributed by atoms with Gasteiger partial charge in [0.15, 0.2) is 0 Å². The number of nitrogens with one attached hydrogen (secondary N) is 1. The zero-order valence-corrected chi connectivity index (χ0v) is 10.0. The maximum absolute atomic E-state index is 11.9. The summed E-state index contributed by atoms with van der Waals surface area (Å²) < 4.78 is 35.6. The van der Waals surface area contributed by atoms with Gasteiger partial charge in [0.05, 0.1) is 0 Å². The van der Waals surface area contributed by atoms with Crippen molar-refractivity contribution in [3.63, 3.8) is 0 Å². The van der Waals surface area contributed by atoms with Gasteiger partial charge in [-0.3, -0.25) is 0 Å². The minimum atomic E-state index is -4.10. The van der Waals surface area contributed by atoms with Gasteiger partial charge in [-0.1, -0.05) is 6.92 Å². The fraction of sp³-hybridized carbons (Fsp3) is 1.00. The molecule has 0 heterocycles. The standard InChI is InChI=1S/C9H19F3N2S/c1-3-5-14(6-4-13-2)7-8-15-9(10,11)12/h13H,3-8H2,1-2H3. The lowest BCUT2D eigenvalue weighted by Gasteiger charge is -2.21. The van der Waals surface area contributed by atoms with E-state index in [1.165, 1.54) is 0 Å². The van der Waals surface area contributed by atoms with E-state index in [0.717, 1.165) is 26.1 Å². The van der Waals surface area contributed by atoms with Crippen LogP contribution in [-0.2, 0) is 0 Å². The Labute approximate surface area is 93.6 Å². The first-order valence-electron chi connectivity index (χ1n) is 5.07. The Morgan fingerprint density at radius 2 is 1.87 bits per heavy atom. The fourth-order valence-electron chi connectivity index (χ4n) is 1.21. The lowest BCUT2D eigenvalue weighted by Crippen LogP contribution is -2.33. The highest BCUT2D eigenvalue weighted by Gasteiger charge is 2.27. The van der Waals surface area contributed by atoms with Crippen LogP contribution in [0.2, 0.25) is 0 Å². The SMILES string of the molecule is CCCN(CCNC)CCSC(F)(F)F. The molecule has 0 fully saturated rings. The van der Waals surface area contributed by atoms with Crippen molar-refractivity contribution in [2.75, 3.05) is 39.0 Å². The molecule has 0 aliphatic carbocycles. The third kappa shape index (κ3) is 10.3. The molecule has 0 aromatic carbocycles. The molecule has 0 atom stereocenters. The molecular formula is C9H19F3N2S. The average Bonchev–Trinajstić information content (AvgIpc) is 2.12. The summed E-state index contributed by atoms with van der Waals surface area (Å²) in [6, 6.07) is 0. The lowest BCUT2D eigenvalue weighted by molar-refractivity contribution is -0.0328. The Hall–Kier alpha value is 0.0600. The second kappa shape index (κ2) is 8.24. The number of hydrogen-bond donors (Lipinski definition) is 1. The van der Waals surface area contributed by atoms with Gasteiger partial charge < -0.3 is 10.2 Å². The molecule has 0 spiro atoms. The van der Waals surface area contributed by atoms with Crippen LogP contribution in [0.1, 0.15) is 13.3 Å². The predicted octanol–water partition coefficient (Wildman–Crippen LogP) is 2.17. The molecule has 0 aliphatic heterocycles. The van der Waals surface area contributed by atoms with E-state index in [1.54, 1.807) is 0 Å². The molecule has 0 aromatic rings. The molecule has 15 heavy (non-hydrogen) atoms. The zero-order valence-electron chi connectivity index (χ0n) is 9.23. The molecule has 0 unspecified atom stereocenters. The molecular weight excluding hydrogens is 225 g/mol. The summed E-state index contributed by atoms with van der Waals surface area (Å²) in [5.41, 5.74) is -4.10. The second-order valence-electron chi connectivity index (χ2n) is 3.24. The van der Waals surface area contributed by atoms with Gasteiger partial charge in [-0.15, -0.1) is 0 Å². The molecule has 0 saturated heterocycles. The van der Waals surface area contributed by atoms with E-state index in [1.807, 2.05) is 14.0 Å². The first-order chi connectivity index (χ1) is 6.99. The van der Waals surface area contributed by atoms with E-state index < -0.39 is 5.51 Å². The van der Waals surface area contributed by atoms with Crippen LogP contribution in [0.4, 0.5) is 13.2 Å². The fourth-order valence-corrected chi connectivity index (χ4v) is 1.79. The van der Waals surface area contributed by atoms with Crippen molar-refractivity contribution in [1.29, 1.82) is 0 Å². The summed E-state index contributed by atoms with van der Waals surface area (Å²) in [6.45, 7) is 5.02. The molecule has 0 aliphatic rings. The summed E-state index contributed by atoms with van der Waals surface area (Å²) >= 11 is 0.0591. The van der Waals surface area contributed by atoms with Gasteiger partial charge >= 0.3 is 5.51 Å². The van der Waals surface area contributed by atoms with Gasteiger partial charge in [0, 0.05) is 25.4 Å². The Morgan fingerprint density at radius 3 is 2.33 bits per heavy atom. The van der Waals surface area contributed by atoms with Crippen LogP contribution in [0.3, 0.4) is 0 Å². The van der Waals surface area contributed by atoms with Crippen LogP contribution < -0.4 is 5.32 Å². The maximum atomic E-state index is 11.9. The van der Waals surface area contributed by atoms with Crippen LogP contribution >= 0.6 is 11.8 Å². The first kappa shape index (κ1) is 15.1.